The lowest BCUT2D eigenvalue weighted by molar-refractivity contribution is 0.249. The van der Waals surface area contributed by atoms with Gasteiger partial charge in [0, 0.05) is 18.9 Å². The molecule has 0 unspecified atom stereocenters. The van der Waals surface area contributed by atoms with Gasteiger partial charge in [0.2, 0.25) is 0 Å². The van der Waals surface area contributed by atoms with Crippen LogP contribution in [-0.2, 0) is 6.54 Å². The maximum Gasteiger partial charge on any atom is 0.319 e. The smallest absolute Gasteiger partial charge is 0.319 e. The Morgan fingerprint density at radius 2 is 2.00 bits per heavy atom. The molecule has 2 amide bonds. The van der Waals surface area contributed by atoms with Crippen LogP contribution >= 0.6 is 0 Å². The van der Waals surface area contributed by atoms with Gasteiger partial charge in [0.25, 0.3) is 0 Å². The summed E-state index contributed by atoms with van der Waals surface area (Å²) in [6.45, 7) is 4.24. The number of nitrogens with one attached hydrogen (secondary N) is 2. The Labute approximate surface area is 170 Å². The van der Waals surface area contributed by atoms with Gasteiger partial charge >= 0.3 is 6.03 Å². The monoisotopic (exact) mass is 394 g/mol. The molecule has 0 aliphatic heterocycles. The van der Waals surface area contributed by atoms with Gasteiger partial charge in [-0.2, -0.15) is 0 Å². The molecule has 29 heavy (non-hydrogen) atoms. The molecule has 0 saturated heterocycles. The van der Waals surface area contributed by atoms with Gasteiger partial charge in [-0.15, -0.1) is 0 Å². The number of imidazole rings is 1. The second kappa shape index (κ2) is 10.8. The number of carbonyl (C=O) groups is 1. The first-order valence-electron chi connectivity index (χ1n) is 9.62. The number of carbonyl (C=O) groups excluding carboxylic acids is 1. The molecule has 0 fully saturated rings. The molecule has 7 nitrogen and oxygen atoms in total. The van der Waals surface area contributed by atoms with Crippen molar-refractivity contribution < 1.29 is 14.3 Å². The second-order valence-electron chi connectivity index (χ2n) is 6.54. The van der Waals surface area contributed by atoms with Crippen molar-refractivity contribution in [2.75, 3.05) is 25.1 Å². The Morgan fingerprint density at radius 1 is 1.10 bits per heavy atom. The Bertz CT molecular complexity index is 897. The van der Waals surface area contributed by atoms with Gasteiger partial charge in [-0.25, -0.2) is 9.78 Å². The van der Waals surface area contributed by atoms with Crippen molar-refractivity contribution in [3.05, 3.63) is 72.8 Å². The van der Waals surface area contributed by atoms with E-state index in [0.717, 1.165) is 11.3 Å². The van der Waals surface area contributed by atoms with E-state index in [1.54, 1.807) is 12.5 Å². The maximum absolute atomic E-state index is 12.2. The normalized spacial score (nSPS) is 10.4. The highest BCUT2D eigenvalue weighted by Gasteiger charge is 2.07. The summed E-state index contributed by atoms with van der Waals surface area (Å²) in [7, 11) is 0. The molecule has 0 saturated carbocycles. The lowest BCUT2D eigenvalue weighted by Crippen LogP contribution is -2.30. The molecule has 0 bridgehead atoms. The van der Waals surface area contributed by atoms with Crippen LogP contribution in [0.1, 0.15) is 12.0 Å². The third-order valence-corrected chi connectivity index (χ3v) is 4.17. The molecule has 0 aliphatic carbocycles. The summed E-state index contributed by atoms with van der Waals surface area (Å²) in [4.78, 5) is 16.2. The van der Waals surface area contributed by atoms with Gasteiger partial charge in [-0.1, -0.05) is 24.3 Å². The van der Waals surface area contributed by atoms with E-state index in [0.29, 0.717) is 44.2 Å². The molecule has 0 atom stereocenters. The molecule has 7 heteroatoms. The van der Waals surface area contributed by atoms with Gasteiger partial charge in [0.15, 0.2) is 0 Å². The number of aromatic nitrogens is 2. The Balaban J connectivity index is 1.37. The van der Waals surface area contributed by atoms with Crippen molar-refractivity contribution in [2.45, 2.75) is 19.9 Å². The lowest BCUT2D eigenvalue weighted by atomic mass is 10.2. The number of aryl methyl sites for hydroxylation is 1. The molecule has 0 aliphatic rings. The van der Waals surface area contributed by atoms with Gasteiger partial charge < -0.3 is 24.7 Å². The van der Waals surface area contributed by atoms with Gasteiger partial charge in [-0.3, -0.25) is 0 Å². The van der Waals surface area contributed by atoms with Crippen molar-refractivity contribution in [3.8, 4) is 11.5 Å². The minimum atomic E-state index is -0.272. The molecule has 152 valence electrons. The third kappa shape index (κ3) is 6.88. The summed E-state index contributed by atoms with van der Waals surface area (Å²) in [5, 5.41) is 5.67. The molecule has 3 rings (SSSR count). The van der Waals surface area contributed by atoms with Gasteiger partial charge in [0.05, 0.1) is 25.2 Å². The average molecular weight is 394 g/mol. The van der Waals surface area contributed by atoms with E-state index in [1.165, 1.54) is 0 Å². The Kier molecular flexibility index (Phi) is 7.51. The van der Waals surface area contributed by atoms with Crippen LogP contribution in [0.3, 0.4) is 0 Å². The van der Waals surface area contributed by atoms with Crippen molar-refractivity contribution in [1.82, 2.24) is 14.9 Å². The molecule has 1 heterocycles. The van der Waals surface area contributed by atoms with Crippen LogP contribution in [0.5, 0.6) is 11.5 Å². The number of urea groups is 1. The number of para-hydroxylation sites is 2. The van der Waals surface area contributed by atoms with Crippen molar-refractivity contribution in [3.63, 3.8) is 0 Å². The highest BCUT2D eigenvalue weighted by molar-refractivity contribution is 5.90. The number of benzene rings is 2. The zero-order valence-corrected chi connectivity index (χ0v) is 16.5. The predicted octanol–water partition coefficient (Wildman–Crippen LogP) is 3.86. The van der Waals surface area contributed by atoms with Crippen LogP contribution in [-0.4, -0.2) is 35.3 Å². The summed E-state index contributed by atoms with van der Waals surface area (Å²) < 4.78 is 13.4. The zero-order valence-electron chi connectivity index (χ0n) is 16.5. The number of hydrogen-bond acceptors (Lipinski definition) is 4. The van der Waals surface area contributed by atoms with Crippen molar-refractivity contribution in [2.24, 2.45) is 0 Å². The second-order valence-corrected chi connectivity index (χ2v) is 6.54. The van der Waals surface area contributed by atoms with E-state index in [-0.39, 0.29) is 6.03 Å². The maximum atomic E-state index is 12.2. The van der Waals surface area contributed by atoms with Crippen LogP contribution in [0.4, 0.5) is 10.5 Å². The van der Waals surface area contributed by atoms with Crippen LogP contribution in [0.15, 0.2) is 67.3 Å². The summed E-state index contributed by atoms with van der Waals surface area (Å²) in [6, 6.07) is 15.0. The Hall–Kier alpha value is -3.48. The van der Waals surface area contributed by atoms with E-state index in [2.05, 4.69) is 15.6 Å². The van der Waals surface area contributed by atoms with E-state index in [9.17, 15) is 4.79 Å². The predicted molar refractivity (Wildman–Crippen MR) is 112 cm³/mol. The fraction of sp³-hybridized carbons (Fsp3) is 0.273. The molecule has 3 aromatic rings. The van der Waals surface area contributed by atoms with Crippen LogP contribution < -0.4 is 20.1 Å². The quantitative estimate of drug-likeness (QED) is 0.512. The van der Waals surface area contributed by atoms with Crippen LogP contribution in [0.2, 0.25) is 0 Å². The first-order valence-corrected chi connectivity index (χ1v) is 9.62. The topological polar surface area (TPSA) is 77.4 Å². The minimum Gasteiger partial charge on any atom is -0.494 e. The van der Waals surface area contributed by atoms with Crippen molar-refractivity contribution in [1.29, 1.82) is 0 Å². The number of ether oxygens (including phenoxy) is 2. The number of amides is 2. The van der Waals surface area contributed by atoms with Gasteiger partial charge in [0.1, 0.15) is 18.1 Å². The molecular weight excluding hydrogens is 368 g/mol. The zero-order chi connectivity index (χ0) is 20.3. The fourth-order valence-electron chi connectivity index (χ4n) is 2.71. The van der Waals surface area contributed by atoms with E-state index >= 15 is 0 Å². The first-order chi connectivity index (χ1) is 14.2. The van der Waals surface area contributed by atoms with Crippen LogP contribution in [0, 0.1) is 6.92 Å². The molecule has 0 spiro atoms. The highest BCUT2D eigenvalue weighted by Crippen LogP contribution is 2.23. The average Bonchev–Trinajstić information content (AvgIpc) is 3.23. The molecule has 2 aromatic carbocycles. The van der Waals surface area contributed by atoms with Crippen molar-refractivity contribution >= 4 is 11.7 Å². The summed E-state index contributed by atoms with van der Waals surface area (Å²) in [5.74, 6) is 1.47. The Morgan fingerprint density at radius 3 is 2.83 bits per heavy atom. The SMILES string of the molecule is Cc1cccc(OCCCNC(=O)Nc2ccccc2OCCn2ccnc2)c1. The summed E-state index contributed by atoms with van der Waals surface area (Å²) in [5.41, 5.74) is 1.79. The number of hydrogen-bond donors (Lipinski definition) is 2. The van der Waals surface area contributed by atoms with Gasteiger partial charge in [-0.05, 0) is 43.2 Å². The molecule has 1 aromatic heterocycles. The summed E-state index contributed by atoms with van der Waals surface area (Å²) in [6.07, 6.45) is 6.06. The first kappa shape index (κ1) is 20.3. The van der Waals surface area contributed by atoms with Crippen LogP contribution in [0.25, 0.3) is 0 Å². The lowest BCUT2D eigenvalue weighted by Gasteiger charge is -2.13. The standard InChI is InChI=1S/C22H26N4O3/c1-18-6-4-7-19(16-18)28-14-5-10-24-22(27)25-20-8-2-3-9-21(20)29-15-13-26-12-11-23-17-26/h2-4,6-9,11-12,16-17H,5,10,13-15H2,1H3,(H2,24,25,27). The minimum absolute atomic E-state index is 0.272. The molecule has 2 N–H and O–H groups in total. The fourth-order valence-corrected chi connectivity index (χ4v) is 2.71. The van der Waals surface area contributed by atoms with E-state index in [4.69, 9.17) is 9.47 Å². The third-order valence-electron chi connectivity index (χ3n) is 4.17. The summed E-state index contributed by atoms with van der Waals surface area (Å²) >= 11 is 0. The number of rotatable bonds is 10. The number of anilines is 1. The highest BCUT2D eigenvalue weighted by atomic mass is 16.5. The molecule has 0 radical (unpaired) electrons. The molecular formula is C22H26N4O3. The number of nitrogens with zero attached hydrogens (tertiary/aromatic N) is 2. The van der Waals surface area contributed by atoms with E-state index in [1.807, 2.05) is 66.2 Å². The van der Waals surface area contributed by atoms with E-state index < -0.39 is 0 Å². The largest absolute Gasteiger partial charge is 0.494 e.